The Kier molecular flexibility index (Phi) is 3.44. The van der Waals surface area contributed by atoms with E-state index in [2.05, 4.69) is 15.6 Å². The van der Waals surface area contributed by atoms with Gasteiger partial charge in [-0.05, 0) is 0 Å². The number of nitrogens with zero attached hydrogens (tertiary/aromatic N) is 2. The standard InChI is InChI=1S/C2H6N4/c1-4-2-5-6-3/h2H,1H3,(H2,3,4,5). The molecule has 0 aromatic heterocycles. The van der Waals surface area contributed by atoms with Gasteiger partial charge in [-0.1, -0.05) is 5.22 Å². The summed E-state index contributed by atoms with van der Waals surface area (Å²) in [7, 11) is 1.69. The maximum absolute atomic E-state index is 6.09. The molecule has 0 aliphatic heterocycles. The van der Waals surface area contributed by atoms with Gasteiger partial charge in [0.25, 0.3) is 0 Å². The fourth-order valence-corrected chi connectivity index (χ4v) is 0.0866. The summed E-state index contributed by atoms with van der Waals surface area (Å²) in [5.41, 5.74) is 6.09. The third kappa shape index (κ3) is 3.07. The van der Waals surface area contributed by atoms with Crippen LogP contribution in [0.15, 0.2) is 10.3 Å². The molecule has 0 atom stereocenters. The highest BCUT2D eigenvalue weighted by Crippen LogP contribution is 1.56. The molecule has 0 unspecified atom stereocenters. The molecule has 0 saturated heterocycles. The van der Waals surface area contributed by atoms with Gasteiger partial charge in [-0.15, -0.1) is 5.10 Å². The van der Waals surface area contributed by atoms with Gasteiger partial charge in [-0.25, -0.2) is 0 Å². The second kappa shape index (κ2) is 4.07. The fraction of sp³-hybridized carbons (Fsp3) is 0.500. The molecular weight excluding hydrogens is 80.0 g/mol. The Hall–Kier alpha value is -0.930. The quantitative estimate of drug-likeness (QED) is 0.214. The lowest BCUT2D eigenvalue weighted by molar-refractivity contribution is 0.981. The average molecular weight is 86.1 g/mol. The lowest BCUT2D eigenvalue weighted by Gasteiger charge is -1.73. The van der Waals surface area contributed by atoms with Crippen LogP contribution in [-0.4, -0.2) is 13.4 Å². The van der Waals surface area contributed by atoms with Crippen LogP contribution in [0.3, 0.4) is 0 Å². The summed E-state index contributed by atoms with van der Waals surface area (Å²) in [6.07, 6.45) is 1.33. The van der Waals surface area contributed by atoms with E-state index in [1.54, 1.807) is 7.05 Å². The van der Waals surface area contributed by atoms with Crippen LogP contribution in [0.5, 0.6) is 0 Å². The van der Waals surface area contributed by atoms with E-state index >= 15 is 0 Å². The zero-order chi connectivity index (χ0) is 4.83. The molecule has 0 spiro atoms. The van der Waals surface area contributed by atoms with E-state index in [0.717, 1.165) is 0 Å². The van der Waals surface area contributed by atoms with Crippen molar-refractivity contribution in [1.29, 1.82) is 5.53 Å². The molecule has 0 fully saturated rings. The zero-order valence-electron chi connectivity index (χ0n) is 3.47. The van der Waals surface area contributed by atoms with E-state index in [1.165, 1.54) is 6.34 Å². The van der Waals surface area contributed by atoms with Crippen LogP contribution < -0.4 is 5.32 Å². The molecular formula is C2H6N4. The minimum atomic E-state index is 1.33. The second-order valence-corrected chi connectivity index (χ2v) is 0.633. The topological polar surface area (TPSA) is 60.6 Å². The van der Waals surface area contributed by atoms with Crippen molar-refractivity contribution in [2.75, 3.05) is 7.05 Å². The van der Waals surface area contributed by atoms with Crippen molar-refractivity contribution in [3.8, 4) is 0 Å². The van der Waals surface area contributed by atoms with Crippen LogP contribution >= 0.6 is 0 Å². The summed E-state index contributed by atoms with van der Waals surface area (Å²) in [6.45, 7) is 0. The summed E-state index contributed by atoms with van der Waals surface area (Å²) < 4.78 is 0. The molecule has 0 aliphatic carbocycles. The van der Waals surface area contributed by atoms with Crippen molar-refractivity contribution in [2.24, 2.45) is 10.3 Å². The third-order valence-corrected chi connectivity index (χ3v) is 0.245. The Balaban J connectivity index is 2.94. The van der Waals surface area contributed by atoms with Crippen LogP contribution in [0.1, 0.15) is 0 Å². The van der Waals surface area contributed by atoms with Crippen LogP contribution in [0.4, 0.5) is 0 Å². The number of hydrogen-bond acceptors (Lipinski definition) is 2. The fourth-order valence-electron chi connectivity index (χ4n) is 0.0866. The normalized spacial score (nSPS) is 8.83. The predicted octanol–water partition coefficient (Wildman–Crippen LogP) is 0.180. The molecule has 0 rings (SSSR count). The van der Waals surface area contributed by atoms with Gasteiger partial charge in [0.1, 0.15) is 6.34 Å². The largest absolute Gasteiger partial charge is 0.378 e. The first-order chi connectivity index (χ1) is 2.91. The molecule has 0 bridgehead atoms. The molecule has 4 nitrogen and oxygen atoms in total. The van der Waals surface area contributed by atoms with Crippen LogP contribution in [0, 0.1) is 5.53 Å². The molecule has 4 heteroatoms. The minimum Gasteiger partial charge on any atom is -0.378 e. The van der Waals surface area contributed by atoms with Crippen molar-refractivity contribution in [1.82, 2.24) is 5.32 Å². The molecule has 0 amide bonds. The molecule has 6 heavy (non-hydrogen) atoms. The molecule has 0 aromatic carbocycles. The average Bonchev–Trinajstić information content (AvgIpc) is 1.61. The van der Waals surface area contributed by atoms with Crippen molar-refractivity contribution in [3.63, 3.8) is 0 Å². The van der Waals surface area contributed by atoms with Gasteiger partial charge >= 0.3 is 0 Å². The lowest BCUT2D eigenvalue weighted by atomic mass is 11.2. The van der Waals surface area contributed by atoms with Crippen LogP contribution in [-0.2, 0) is 0 Å². The van der Waals surface area contributed by atoms with Gasteiger partial charge in [0, 0.05) is 7.05 Å². The zero-order valence-corrected chi connectivity index (χ0v) is 3.47. The van der Waals surface area contributed by atoms with E-state index in [0.29, 0.717) is 0 Å². The summed E-state index contributed by atoms with van der Waals surface area (Å²) in [5, 5.41) is 8.39. The number of rotatable bonds is 2. The molecule has 2 N–H and O–H groups in total. The number of hydrogen-bond donors (Lipinski definition) is 2. The molecule has 0 saturated carbocycles. The Bertz CT molecular complexity index is 56.6. The van der Waals surface area contributed by atoms with Gasteiger partial charge in [0.2, 0.25) is 0 Å². The summed E-state index contributed by atoms with van der Waals surface area (Å²) >= 11 is 0. The Labute approximate surface area is 35.8 Å². The lowest BCUT2D eigenvalue weighted by Crippen LogP contribution is -1.98. The van der Waals surface area contributed by atoms with E-state index < -0.39 is 0 Å². The molecule has 0 heterocycles. The highest BCUT2D eigenvalue weighted by molar-refractivity contribution is 5.52. The van der Waals surface area contributed by atoms with Gasteiger partial charge < -0.3 is 5.32 Å². The molecule has 0 aromatic rings. The third-order valence-electron chi connectivity index (χ3n) is 0.245. The van der Waals surface area contributed by atoms with E-state index in [9.17, 15) is 0 Å². The van der Waals surface area contributed by atoms with Gasteiger partial charge in [-0.3, -0.25) is 0 Å². The summed E-state index contributed by atoms with van der Waals surface area (Å²) in [6, 6.07) is 0. The van der Waals surface area contributed by atoms with Crippen molar-refractivity contribution in [2.45, 2.75) is 0 Å². The smallest absolute Gasteiger partial charge is 0.112 e. The Morgan fingerprint density at radius 1 is 1.83 bits per heavy atom. The minimum absolute atomic E-state index is 1.33. The second-order valence-electron chi connectivity index (χ2n) is 0.633. The van der Waals surface area contributed by atoms with Crippen molar-refractivity contribution < 1.29 is 0 Å². The van der Waals surface area contributed by atoms with Crippen LogP contribution in [0.2, 0.25) is 0 Å². The highest BCUT2D eigenvalue weighted by atomic mass is 15.3. The van der Waals surface area contributed by atoms with Crippen molar-refractivity contribution in [3.05, 3.63) is 0 Å². The summed E-state index contributed by atoms with van der Waals surface area (Å²) in [4.78, 5) is 0. The number of nitrogens with one attached hydrogen (secondary N) is 2. The van der Waals surface area contributed by atoms with Gasteiger partial charge in [0.05, 0.1) is 0 Å². The Morgan fingerprint density at radius 3 is 2.67 bits per heavy atom. The van der Waals surface area contributed by atoms with Gasteiger partial charge in [-0.2, -0.15) is 5.53 Å². The maximum Gasteiger partial charge on any atom is 0.112 e. The SMILES string of the molecule is CN/C=N\N=N. The summed E-state index contributed by atoms with van der Waals surface area (Å²) in [5.74, 6) is 0. The predicted molar refractivity (Wildman–Crippen MR) is 22.7 cm³/mol. The maximum atomic E-state index is 6.09. The van der Waals surface area contributed by atoms with E-state index in [4.69, 9.17) is 5.53 Å². The first-order valence-electron chi connectivity index (χ1n) is 1.47. The molecule has 0 radical (unpaired) electrons. The first-order valence-corrected chi connectivity index (χ1v) is 1.47. The van der Waals surface area contributed by atoms with Crippen molar-refractivity contribution >= 4 is 6.34 Å². The van der Waals surface area contributed by atoms with E-state index in [1.807, 2.05) is 0 Å². The molecule has 34 valence electrons. The first kappa shape index (κ1) is 5.07. The Morgan fingerprint density at radius 2 is 2.50 bits per heavy atom. The van der Waals surface area contributed by atoms with E-state index in [-0.39, 0.29) is 0 Å². The van der Waals surface area contributed by atoms with Crippen LogP contribution in [0.25, 0.3) is 0 Å². The van der Waals surface area contributed by atoms with Gasteiger partial charge in [0.15, 0.2) is 0 Å². The highest BCUT2D eigenvalue weighted by Gasteiger charge is 1.52. The monoisotopic (exact) mass is 86.1 g/mol. The molecule has 0 aliphatic rings.